The molecule has 0 saturated heterocycles. The van der Waals surface area contributed by atoms with E-state index in [4.69, 9.17) is 22.5 Å². The quantitative estimate of drug-likeness (QED) is 0.353. The molecule has 2 atom stereocenters. The largest absolute Gasteiger partial charge is 0.339 e. The maximum absolute atomic E-state index is 12.3. The molecule has 0 aliphatic rings. The highest BCUT2D eigenvalue weighted by Crippen LogP contribution is 2.09. The van der Waals surface area contributed by atoms with Crippen LogP contribution < -0.4 is 16.5 Å². The highest BCUT2D eigenvalue weighted by atomic mass is 35.5. The molecule has 0 saturated carbocycles. The summed E-state index contributed by atoms with van der Waals surface area (Å²) in [6.07, 6.45) is 3.52. The Labute approximate surface area is 168 Å². The van der Waals surface area contributed by atoms with Crippen molar-refractivity contribution >= 4 is 29.5 Å². The molecule has 2 amide bonds. The van der Waals surface area contributed by atoms with E-state index in [1.165, 1.54) is 5.48 Å². The first-order valence-electron chi connectivity index (χ1n) is 8.45. The van der Waals surface area contributed by atoms with Crippen molar-refractivity contribution < 1.29 is 14.8 Å². The van der Waals surface area contributed by atoms with E-state index in [1.807, 2.05) is 18.2 Å². The first-order chi connectivity index (χ1) is 13.4. The summed E-state index contributed by atoms with van der Waals surface area (Å²) in [7, 11) is 0. The van der Waals surface area contributed by atoms with Crippen LogP contribution in [0.1, 0.15) is 28.4 Å². The second-order valence-electron chi connectivity index (χ2n) is 6.02. The maximum atomic E-state index is 12.3. The number of halogens is 1. The molecule has 0 heterocycles. The van der Waals surface area contributed by atoms with Gasteiger partial charge in [-0.15, -0.1) is 0 Å². The third-order valence-electron chi connectivity index (χ3n) is 3.80. The molecular weight excluding hydrogens is 378 g/mol. The van der Waals surface area contributed by atoms with Crippen molar-refractivity contribution in [3.63, 3.8) is 0 Å². The van der Waals surface area contributed by atoms with Crippen molar-refractivity contribution in [3.8, 4) is 11.8 Å². The van der Waals surface area contributed by atoms with Crippen LogP contribution >= 0.6 is 11.6 Å². The Hall–Kier alpha value is -3.11. The molecule has 2 rings (SSSR count). The van der Waals surface area contributed by atoms with E-state index in [9.17, 15) is 9.59 Å². The number of amides is 2. The topological polar surface area (TPSA) is 104 Å². The van der Waals surface area contributed by atoms with Gasteiger partial charge in [-0.3, -0.25) is 14.8 Å². The molecule has 28 heavy (non-hydrogen) atoms. The monoisotopic (exact) mass is 397 g/mol. The number of hydroxylamine groups is 1. The van der Waals surface area contributed by atoms with Crippen LogP contribution in [0.25, 0.3) is 6.08 Å². The first-order valence-corrected chi connectivity index (χ1v) is 8.82. The molecule has 7 heteroatoms. The zero-order chi connectivity index (χ0) is 20.5. The molecule has 0 radical (unpaired) electrons. The molecule has 5 N–H and O–H groups in total. The summed E-state index contributed by atoms with van der Waals surface area (Å²) in [6.45, 7) is 1.55. The van der Waals surface area contributed by atoms with Gasteiger partial charge < -0.3 is 11.1 Å². The van der Waals surface area contributed by atoms with Crippen LogP contribution in [-0.2, 0) is 4.79 Å². The standard InChI is InChI=1S/C21H20ClN3O3/c1-14(23)19(21(27)25-28)24-20(26)17-10-6-15(7-11-17)4-2-3-5-16-8-12-18(22)13-9-16/h2,4,6-14,19,28H,23H2,1H3,(H,24,26)(H,25,27)/b4-2+/t14-,19+/m1/s1. The van der Waals surface area contributed by atoms with E-state index in [0.29, 0.717) is 10.6 Å². The van der Waals surface area contributed by atoms with Gasteiger partial charge in [-0.1, -0.05) is 35.6 Å². The molecule has 0 aromatic heterocycles. The first kappa shape index (κ1) is 21.2. The van der Waals surface area contributed by atoms with Crippen LogP contribution in [0, 0.1) is 11.8 Å². The summed E-state index contributed by atoms with van der Waals surface area (Å²) in [4.78, 5) is 23.8. The Bertz CT molecular complexity index is 911. The molecule has 6 nitrogen and oxygen atoms in total. The Morgan fingerprint density at radius 2 is 1.79 bits per heavy atom. The summed E-state index contributed by atoms with van der Waals surface area (Å²) in [5.41, 5.74) is 9.24. The normalized spacial score (nSPS) is 12.6. The lowest BCUT2D eigenvalue weighted by Crippen LogP contribution is -2.54. The minimum absolute atomic E-state index is 0.362. The number of nitrogens with one attached hydrogen (secondary N) is 2. The lowest BCUT2D eigenvalue weighted by Gasteiger charge is -2.20. The number of allylic oxidation sites excluding steroid dienone is 1. The third-order valence-corrected chi connectivity index (χ3v) is 4.05. The Morgan fingerprint density at radius 3 is 2.36 bits per heavy atom. The van der Waals surface area contributed by atoms with Gasteiger partial charge in [-0.2, -0.15) is 0 Å². The zero-order valence-electron chi connectivity index (χ0n) is 15.1. The predicted molar refractivity (Wildman–Crippen MR) is 109 cm³/mol. The molecule has 0 fully saturated rings. The number of nitrogens with two attached hydrogens (primary N) is 1. The van der Waals surface area contributed by atoms with Crippen molar-refractivity contribution in [1.82, 2.24) is 10.8 Å². The number of rotatable bonds is 5. The minimum Gasteiger partial charge on any atom is -0.339 e. The molecule has 2 aromatic carbocycles. The lowest BCUT2D eigenvalue weighted by atomic mass is 10.1. The van der Waals surface area contributed by atoms with Gasteiger partial charge in [0.2, 0.25) is 0 Å². The highest BCUT2D eigenvalue weighted by Gasteiger charge is 2.24. The second kappa shape index (κ2) is 10.3. The van der Waals surface area contributed by atoms with Crippen molar-refractivity contribution in [1.29, 1.82) is 0 Å². The lowest BCUT2D eigenvalue weighted by molar-refractivity contribution is -0.131. The molecule has 2 aromatic rings. The van der Waals surface area contributed by atoms with Crippen LogP contribution in [0.2, 0.25) is 5.02 Å². The molecular formula is C21H20ClN3O3. The van der Waals surface area contributed by atoms with E-state index in [-0.39, 0.29) is 0 Å². The van der Waals surface area contributed by atoms with Gasteiger partial charge in [0.1, 0.15) is 6.04 Å². The smallest absolute Gasteiger partial charge is 0.267 e. The van der Waals surface area contributed by atoms with Gasteiger partial charge >= 0.3 is 0 Å². The summed E-state index contributed by atoms with van der Waals surface area (Å²) in [6, 6.07) is 12.3. The van der Waals surface area contributed by atoms with Gasteiger partial charge in [0.15, 0.2) is 0 Å². The van der Waals surface area contributed by atoms with Crippen LogP contribution in [0.4, 0.5) is 0 Å². The fraction of sp³-hybridized carbons (Fsp3) is 0.143. The molecule has 0 spiro atoms. The Kier molecular flexibility index (Phi) is 7.78. The van der Waals surface area contributed by atoms with Crippen molar-refractivity contribution in [2.45, 2.75) is 19.0 Å². The fourth-order valence-corrected chi connectivity index (χ4v) is 2.40. The number of hydrogen-bond acceptors (Lipinski definition) is 4. The summed E-state index contributed by atoms with van der Waals surface area (Å²) >= 11 is 5.83. The van der Waals surface area contributed by atoms with Crippen LogP contribution in [0.3, 0.4) is 0 Å². The van der Waals surface area contributed by atoms with E-state index in [1.54, 1.807) is 49.4 Å². The molecule has 0 unspecified atom stereocenters. The van der Waals surface area contributed by atoms with Gasteiger partial charge in [0.25, 0.3) is 11.8 Å². The second-order valence-corrected chi connectivity index (χ2v) is 6.45. The average molecular weight is 398 g/mol. The molecule has 0 aliphatic heterocycles. The predicted octanol–water partition coefficient (Wildman–Crippen LogP) is 2.36. The fourth-order valence-electron chi connectivity index (χ4n) is 2.27. The van der Waals surface area contributed by atoms with Gasteiger partial charge in [0, 0.05) is 22.2 Å². The zero-order valence-corrected chi connectivity index (χ0v) is 15.9. The minimum atomic E-state index is -1.04. The Morgan fingerprint density at radius 1 is 1.14 bits per heavy atom. The van der Waals surface area contributed by atoms with Crippen LogP contribution in [0.5, 0.6) is 0 Å². The summed E-state index contributed by atoms with van der Waals surface area (Å²) in [5, 5.41) is 11.9. The highest BCUT2D eigenvalue weighted by molar-refractivity contribution is 6.30. The van der Waals surface area contributed by atoms with E-state index in [0.717, 1.165) is 11.1 Å². The number of benzene rings is 2. The van der Waals surface area contributed by atoms with Gasteiger partial charge in [0.05, 0.1) is 0 Å². The number of carbonyl (C=O) groups is 2. The van der Waals surface area contributed by atoms with Crippen molar-refractivity contribution in [2.24, 2.45) is 5.73 Å². The van der Waals surface area contributed by atoms with E-state index >= 15 is 0 Å². The molecule has 0 bridgehead atoms. The van der Waals surface area contributed by atoms with Crippen LogP contribution in [0.15, 0.2) is 54.6 Å². The molecule has 0 aliphatic carbocycles. The van der Waals surface area contributed by atoms with Crippen molar-refractivity contribution in [3.05, 3.63) is 76.3 Å². The third kappa shape index (κ3) is 6.25. The Balaban J connectivity index is 2.00. The van der Waals surface area contributed by atoms with Gasteiger partial charge in [-0.25, -0.2) is 5.48 Å². The van der Waals surface area contributed by atoms with Gasteiger partial charge in [-0.05, 0) is 61.0 Å². The summed E-state index contributed by atoms with van der Waals surface area (Å²) < 4.78 is 0. The number of hydrogen-bond donors (Lipinski definition) is 4. The average Bonchev–Trinajstić information content (AvgIpc) is 2.70. The van der Waals surface area contributed by atoms with E-state index in [2.05, 4.69) is 17.2 Å². The van der Waals surface area contributed by atoms with Crippen LogP contribution in [-0.4, -0.2) is 29.1 Å². The SMILES string of the molecule is C[C@@H](N)[C@H](NC(=O)c1ccc(/C=C/C#Cc2ccc(Cl)cc2)cc1)C(=O)NO. The van der Waals surface area contributed by atoms with Crippen molar-refractivity contribution in [2.75, 3.05) is 0 Å². The summed E-state index contributed by atoms with van der Waals surface area (Å²) in [5.74, 6) is 4.68. The van der Waals surface area contributed by atoms with E-state index < -0.39 is 23.9 Å². The number of carbonyl (C=O) groups excluding carboxylic acids is 2. The molecule has 144 valence electrons. The maximum Gasteiger partial charge on any atom is 0.267 e.